The van der Waals surface area contributed by atoms with Crippen molar-refractivity contribution in [3.05, 3.63) is 312 Å². The van der Waals surface area contributed by atoms with Gasteiger partial charge in [-0.15, -0.1) is 0 Å². The first-order valence-corrected chi connectivity index (χ1v) is 30.9. The number of hydrogen-bond donors (Lipinski definition) is 0. The summed E-state index contributed by atoms with van der Waals surface area (Å²) in [6.07, 6.45) is 0. The summed E-state index contributed by atoms with van der Waals surface area (Å²) < 4.78 is 14.7. The monoisotopic (exact) mass is 1200 g/mol. The van der Waals surface area contributed by atoms with Crippen molar-refractivity contribution < 1.29 is 14.2 Å². The zero-order valence-electron chi connectivity index (χ0n) is 44.4. The highest BCUT2D eigenvalue weighted by Gasteiger charge is 2.49. The maximum atomic E-state index is 6.28. The van der Waals surface area contributed by atoms with Crippen molar-refractivity contribution in [1.29, 1.82) is 0 Å². The van der Waals surface area contributed by atoms with E-state index in [2.05, 4.69) is 284 Å². The summed E-state index contributed by atoms with van der Waals surface area (Å²) >= 11 is 7.58. The minimum atomic E-state index is -2.59. The molecule has 0 aromatic heterocycles. The zero-order chi connectivity index (χ0) is 54.3. The molecule has 3 heterocycles. The Bertz CT molecular complexity index is 4050. The van der Waals surface area contributed by atoms with E-state index in [1.165, 1.54) is 53.5 Å². The molecule has 0 bridgehead atoms. The lowest BCUT2D eigenvalue weighted by atomic mass is 9.36. The van der Waals surface area contributed by atoms with Gasteiger partial charge in [0.05, 0.1) is 22.7 Å². The highest BCUT2D eigenvalue weighted by atomic mass is 79.9. The Kier molecular flexibility index (Phi) is 14.4. The molecule has 0 amide bonds. The number of benzene rings is 12. The van der Waals surface area contributed by atoms with Crippen molar-refractivity contribution in [1.82, 2.24) is 0 Å². The molecule has 3 aliphatic heterocycles. The Morgan fingerprint density at radius 2 is 0.659 bits per heavy atom. The van der Waals surface area contributed by atoms with Crippen LogP contribution in [0.25, 0.3) is 0 Å². The van der Waals surface area contributed by atoms with Gasteiger partial charge in [-0.05, 0) is 106 Å². The van der Waals surface area contributed by atoms with Gasteiger partial charge in [0, 0.05) is 20.3 Å². The van der Waals surface area contributed by atoms with E-state index in [1.54, 1.807) is 0 Å². The molecule has 0 atom stereocenters. The van der Waals surface area contributed by atoms with E-state index in [4.69, 9.17) is 9.47 Å². The Morgan fingerprint density at radius 3 is 1.06 bits per heavy atom. The molecule has 0 saturated heterocycles. The molecule has 0 aliphatic carbocycles. The lowest BCUT2D eigenvalue weighted by molar-refractivity contribution is 0.477. The van der Waals surface area contributed by atoms with E-state index in [9.17, 15) is 0 Å². The first-order chi connectivity index (χ1) is 40.0. The van der Waals surface area contributed by atoms with E-state index in [0.29, 0.717) is 0 Å². The lowest BCUT2D eigenvalue weighted by Crippen LogP contribution is -2.86. The summed E-state index contributed by atoms with van der Waals surface area (Å²) in [5, 5.41) is 5.77. The van der Waals surface area contributed by atoms with Crippen LogP contribution in [0.15, 0.2) is 312 Å². The predicted molar refractivity (Wildman–Crippen MR) is 353 cm³/mol. The van der Waals surface area contributed by atoms with Crippen molar-refractivity contribution in [2.24, 2.45) is 0 Å². The van der Waals surface area contributed by atoms with E-state index in [0.717, 1.165) is 66.1 Å². The second-order valence-corrected chi connectivity index (χ2v) is 25.9. The average molecular weight is 1200 g/mol. The van der Waals surface area contributed by atoms with Gasteiger partial charge < -0.3 is 19.3 Å². The number of fused-ring (bicyclic) bond motifs is 6. The number of ether oxygens (including phenoxy) is 2. The summed E-state index contributed by atoms with van der Waals surface area (Å²) in [5.74, 6) is 3.44. The minimum absolute atomic E-state index is 0. The number of para-hydroxylation sites is 8. The average Bonchev–Trinajstić information content (AvgIpc) is 1.86. The van der Waals surface area contributed by atoms with Crippen LogP contribution in [-0.2, 0) is 0 Å². The van der Waals surface area contributed by atoms with Crippen LogP contribution in [0.4, 0.5) is 38.8 Å². The summed E-state index contributed by atoms with van der Waals surface area (Å²) in [6, 6.07) is 109. The highest BCUT2D eigenvalue weighted by molar-refractivity contribution is 9.11. The van der Waals surface area contributed by atoms with Crippen LogP contribution in [0.3, 0.4) is 0 Å². The molecule has 15 rings (SSSR count). The molecule has 392 valence electrons. The van der Waals surface area contributed by atoms with Crippen LogP contribution in [-0.4, -0.2) is 21.5 Å². The number of hydrogen-bond acceptors (Lipinski definition) is 4. The van der Waals surface area contributed by atoms with Crippen LogP contribution >= 0.6 is 31.9 Å². The summed E-state index contributed by atoms with van der Waals surface area (Å²) in [7, 11) is -2.59. The van der Waals surface area contributed by atoms with Crippen LogP contribution in [0.1, 0.15) is 0 Å². The smallest absolute Gasteiger partial charge is 0.244 e. The van der Waals surface area contributed by atoms with Crippen LogP contribution in [0, 0.1) is 0 Å². The molecule has 0 N–H and O–H groups in total. The van der Waals surface area contributed by atoms with Crippen LogP contribution in [0.2, 0.25) is 0 Å². The topological polar surface area (TPSA) is 24.9 Å². The normalized spacial score (nSPS) is 12.9. The van der Waals surface area contributed by atoms with Crippen molar-refractivity contribution in [3.8, 4) is 23.0 Å². The largest absolute Gasteiger partial charge is 0.453 e. The van der Waals surface area contributed by atoms with Crippen molar-refractivity contribution >= 4 is 141 Å². The molecule has 12 aromatic rings. The van der Waals surface area contributed by atoms with Crippen molar-refractivity contribution in [2.75, 3.05) is 9.80 Å². The first-order valence-electron chi connectivity index (χ1n) is 27.4. The quantitative estimate of drug-likeness (QED) is 0.142. The van der Waals surface area contributed by atoms with Gasteiger partial charge in [-0.25, -0.2) is 0 Å². The molecule has 0 unspecified atom stereocenters. The SMILES string of the molecule is Brc1ccccc1B(c1ccc(N2c3ccccc3Oc3ccccc32)cc1)c1ccccc1Br.F.c1ccc([Si]2(c3ccccc3)c3ccccc3B(c3ccc(N4c5ccccc5Oc5ccccc54)cc3)c3ccccc32)cc1. The fourth-order valence-corrected chi connectivity index (χ4v) is 18.9. The van der Waals surface area contributed by atoms with Gasteiger partial charge in [-0.3, -0.25) is 4.70 Å². The standard InChI is InChI=1S/C42H30BNOSi.C30H20BBr2NO.FH/c1-3-15-33(16-4-1)46(34-17-5-2-6-18-34)41-25-13-7-19-35(41)43(36-20-8-14-26-42(36)46)31-27-29-32(30-28-31)44-37-21-9-11-23-39(37)45-40-24-12-10-22-38(40)44;32-25-11-3-1-9-23(25)31(24-10-2-4-12-26(24)33)21-17-19-22(20-18-21)34-27-13-5-7-15-29(27)35-30-16-8-6-14-28(30)34;/h1-30H;1-20H;1H. The van der Waals surface area contributed by atoms with Gasteiger partial charge in [0.1, 0.15) is 0 Å². The van der Waals surface area contributed by atoms with Gasteiger partial charge >= 0.3 is 0 Å². The molecule has 12 aromatic carbocycles. The zero-order valence-corrected chi connectivity index (χ0v) is 48.6. The molecule has 82 heavy (non-hydrogen) atoms. The van der Waals surface area contributed by atoms with E-state index < -0.39 is 8.07 Å². The Labute approximate surface area is 496 Å². The third kappa shape index (κ3) is 9.17. The lowest BCUT2D eigenvalue weighted by Gasteiger charge is -2.42. The maximum Gasteiger partial charge on any atom is 0.244 e. The molecule has 0 spiro atoms. The first kappa shape index (κ1) is 52.5. The summed E-state index contributed by atoms with van der Waals surface area (Å²) in [4.78, 5) is 4.58. The van der Waals surface area contributed by atoms with Gasteiger partial charge in [-0.1, -0.05) is 283 Å². The molecular weight excluding hydrogens is 1150 g/mol. The molecule has 3 aliphatic rings. The Balaban J connectivity index is 0.000000158. The second-order valence-electron chi connectivity index (χ2n) is 20.5. The third-order valence-electron chi connectivity index (χ3n) is 16.0. The van der Waals surface area contributed by atoms with Crippen molar-refractivity contribution in [3.63, 3.8) is 0 Å². The Hall–Kier alpha value is -8.92. The number of nitrogens with zero attached hydrogens (tertiary/aromatic N) is 2. The van der Waals surface area contributed by atoms with Crippen LogP contribution in [0.5, 0.6) is 23.0 Å². The maximum absolute atomic E-state index is 6.28. The third-order valence-corrected chi connectivity index (χ3v) is 22.4. The van der Waals surface area contributed by atoms with Gasteiger partial charge in [0.15, 0.2) is 31.1 Å². The van der Waals surface area contributed by atoms with Crippen molar-refractivity contribution in [2.45, 2.75) is 0 Å². The number of halogens is 3. The predicted octanol–water partition coefficient (Wildman–Crippen LogP) is 12.9. The summed E-state index contributed by atoms with van der Waals surface area (Å²) in [5.41, 5.74) is 14.1. The molecule has 4 nitrogen and oxygen atoms in total. The van der Waals surface area contributed by atoms with E-state index in [1.807, 2.05) is 60.7 Å². The van der Waals surface area contributed by atoms with Gasteiger partial charge in [0.2, 0.25) is 13.4 Å². The van der Waals surface area contributed by atoms with Gasteiger partial charge in [0.25, 0.3) is 0 Å². The number of anilines is 6. The van der Waals surface area contributed by atoms with Crippen LogP contribution < -0.4 is 72.8 Å². The Morgan fingerprint density at radius 1 is 0.329 bits per heavy atom. The summed E-state index contributed by atoms with van der Waals surface area (Å²) in [6.45, 7) is 0.207. The minimum Gasteiger partial charge on any atom is -0.453 e. The number of rotatable bonds is 8. The fourth-order valence-electron chi connectivity index (χ4n) is 12.6. The molecule has 0 saturated carbocycles. The molecule has 0 radical (unpaired) electrons. The van der Waals surface area contributed by atoms with E-state index >= 15 is 0 Å². The highest BCUT2D eigenvalue weighted by Crippen LogP contribution is 2.51. The molecular formula is C72H51B2Br2FN2O2Si. The molecule has 10 heteroatoms. The van der Waals surface area contributed by atoms with Gasteiger partial charge in [-0.2, -0.15) is 0 Å². The second kappa shape index (κ2) is 22.5. The molecule has 0 fully saturated rings. The fraction of sp³-hybridized carbons (Fsp3) is 0. The van der Waals surface area contributed by atoms with E-state index in [-0.39, 0.29) is 18.1 Å².